The Kier molecular flexibility index (Phi) is 3.24. The number of hydrogen-bond acceptors (Lipinski definition) is 2. The first-order chi connectivity index (χ1) is 6.83. The molecular formula is C10H12F2O2Si. The second-order valence-electron chi connectivity index (χ2n) is 4.14. The average Bonchev–Trinajstić information content (AvgIpc) is 2.07. The lowest BCUT2D eigenvalue weighted by molar-refractivity contribution is 0.112. The lowest BCUT2D eigenvalue weighted by Crippen LogP contribution is -2.30. The van der Waals surface area contributed by atoms with Gasteiger partial charge >= 0.3 is 0 Å². The van der Waals surface area contributed by atoms with Crippen LogP contribution in [-0.2, 0) is 0 Å². The van der Waals surface area contributed by atoms with Crippen molar-refractivity contribution in [3.8, 4) is 5.75 Å². The van der Waals surface area contributed by atoms with Crippen LogP contribution >= 0.6 is 0 Å². The van der Waals surface area contributed by atoms with Crippen molar-refractivity contribution in [2.24, 2.45) is 0 Å². The second-order valence-corrected chi connectivity index (χ2v) is 8.57. The van der Waals surface area contributed by atoms with Gasteiger partial charge in [0.15, 0.2) is 17.9 Å². The molecular weight excluding hydrogens is 218 g/mol. The van der Waals surface area contributed by atoms with E-state index in [1.807, 2.05) is 19.6 Å². The van der Waals surface area contributed by atoms with E-state index in [4.69, 9.17) is 4.43 Å². The number of carbonyl (C=O) groups excluding carboxylic acids is 1. The van der Waals surface area contributed by atoms with Crippen molar-refractivity contribution >= 4 is 14.6 Å². The second kappa shape index (κ2) is 4.10. The molecule has 0 atom stereocenters. The van der Waals surface area contributed by atoms with E-state index >= 15 is 0 Å². The number of carbonyl (C=O) groups is 1. The van der Waals surface area contributed by atoms with E-state index in [2.05, 4.69) is 0 Å². The Balaban J connectivity index is 3.21. The largest absolute Gasteiger partial charge is 0.542 e. The van der Waals surface area contributed by atoms with Gasteiger partial charge < -0.3 is 4.43 Å². The molecule has 1 rings (SSSR count). The number of aldehydes is 1. The summed E-state index contributed by atoms with van der Waals surface area (Å²) >= 11 is 0. The highest BCUT2D eigenvalue weighted by molar-refractivity contribution is 6.70. The summed E-state index contributed by atoms with van der Waals surface area (Å²) in [4.78, 5) is 10.6. The average molecular weight is 230 g/mol. The highest BCUT2D eigenvalue weighted by Crippen LogP contribution is 2.25. The van der Waals surface area contributed by atoms with Crippen molar-refractivity contribution in [3.63, 3.8) is 0 Å². The van der Waals surface area contributed by atoms with Crippen LogP contribution in [0.2, 0.25) is 19.6 Å². The first-order valence-electron chi connectivity index (χ1n) is 4.47. The first-order valence-corrected chi connectivity index (χ1v) is 7.87. The molecule has 0 fully saturated rings. The fourth-order valence-electron chi connectivity index (χ4n) is 1.08. The van der Waals surface area contributed by atoms with Crippen LogP contribution in [0.4, 0.5) is 8.78 Å². The van der Waals surface area contributed by atoms with E-state index in [0.717, 1.165) is 6.07 Å². The summed E-state index contributed by atoms with van der Waals surface area (Å²) in [6.07, 6.45) is 0.391. The molecule has 0 saturated carbocycles. The highest BCUT2D eigenvalue weighted by Gasteiger charge is 2.21. The van der Waals surface area contributed by atoms with Crippen LogP contribution in [0.1, 0.15) is 10.4 Å². The van der Waals surface area contributed by atoms with Gasteiger partial charge in [0, 0.05) is 6.07 Å². The van der Waals surface area contributed by atoms with Crippen molar-refractivity contribution < 1.29 is 18.0 Å². The zero-order chi connectivity index (χ0) is 11.6. The molecule has 0 unspecified atom stereocenters. The molecule has 0 radical (unpaired) electrons. The maximum absolute atomic E-state index is 13.3. The maximum Gasteiger partial charge on any atom is 0.242 e. The van der Waals surface area contributed by atoms with Crippen molar-refractivity contribution in [2.75, 3.05) is 0 Å². The molecule has 0 aliphatic rings. The minimum absolute atomic E-state index is 0.0880. The van der Waals surface area contributed by atoms with Crippen molar-refractivity contribution in [1.82, 2.24) is 0 Å². The van der Waals surface area contributed by atoms with Crippen molar-refractivity contribution in [1.29, 1.82) is 0 Å². The molecule has 0 bridgehead atoms. The van der Waals surface area contributed by atoms with Gasteiger partial charge in [-0.25, -0.2) is 8.78 Å². The van der Waals surface area contributed by atoms with E-state index in [0.29, 0.717) is 12.4 Å². The van der Waals surface area contributed by atoms with Gasteiger partial charge in [0.05, 0.1) is 5.56 Å². The van der Waals surface area contributed by atoms with Gasteiger partial charge in [-0.3, -0.25) is 4.79 Å². The maximum atomic E-state index is 13.3. The summed E-state index contributed by atoms with van der Waals surface area (Å²) < 4.78 is 31.5. The minimum atomic E-state index is -2.02. The highest BCUT2D eigenvalue weighted by atomic mass is 28.4. The standard InChI is InChI=1S/C10H12F2O2Si/c1-15(2,3)14-10-7(6-13)4-8(11)5-9(10)12/h4-6H,1-3H3. The van der Waals surface area contributed by atoms with Gasteiger partial charge in [0.1, 0.15) is 5.82 Å². The molecule has 0 aromatic heterocycles. The summed E-state index contributed by atoms with van der Waals surface area (Å²) in [7, 11) is -2.02. The normalized spacial score (nSPS) is 11.3. The van der Waals surface area contributed by atoms with E-state index in [1.54, 1.807) is 0 Å². The summed E-state index contributed by atoms with van der Waals surface area (Å²) in [5.74, 6) is -1.76. The van der Waals surface area contributed by atoms with Gasteiger partial charge in [-0.1, -0.05) is 0 Å². The quantitative estimate of drug-likeness (QED) is 0.589. The molecule has 1 aromatic rings. The molecule has 0 spiro atoms. The molecule has 0 aliphatic carbocycles. The number of benzene rings is 1. The fourth-order valence-corrected chi connectivity index (χ4v) is 1.91. The molecule has 15 heavy (non-hydrogen) atoms. The molecule has 1 aromatic carbocycles. The fraction of sp³-hybridized carbons (Fsp3) is 0.300. The first kappa shape index (κ1) is 11.8. The third-order valence-electron chi connectivity index (χ3n) is 1.57. The third-order valence-corrected chi connectivity index (χ3v) is 2.39. The van der Waals surface area contributed by atoms with Gasteiger partial charge in [0.2, 0.25) is 8.32 Å². The number of hydrogen-bond donors (Lipinski definition) is 0. The molecule has 0 amide bonds. The Labute approximate surface area is 88.0 Å². The molecule has 82 valence electrons. The Morgan fingerprint density at radius 3 is 2.33 bits per heavy atom. The lowest BCUT2D eigenvalue weighted by atomic mass is 10.2. The smallest absolute Gasteiger partial charge is 0.242 e. The summed E-state index contributed by atoms with van der Waals surface area (Å²) in [6.45, 7) is 5.55. The molecule has 0 N–H and O–H groups in total. The number of halogens is 2. The van der Waals surface area contributed by atoms with Crippen LogP contribution in [-0.4, -0.2) is 14.6 Å². The third kappa shape index (κ3) is 3.12. The van der Waals surface area contributed by atoms with Gasteiger partial charge in [-0.05, 0) is 25.7 Å². The SMILES string of the molecule is C[Si](C)(C)Oc1c(F)cc(F)cc1C=O. The van der Waals surface area contributed by atoms with Crippen LogP contribution in [0.3, 0.4) is 0 Å². The van der Waals surface area contributed by atoms with E-state index in [-0.39, 0.29) is 11.3 Å². The van der Waals surface area contributed by atoms with Crippen LogP contribution < -0.4 is 4.43 Å². The van der Waals surface area contributed by atoms with E-state index in [1.165, 1.54) is 0 Å². The van der Waals surface area contributed by atoms with Crippen molar-refractivity contribution in [2.45, 2.75) is 19.6 Å². The Bertz CT molecular complexity index is 386. The molecule has 5 heteroatoms. The van der Waals surface area contributed by atoms with Crippen molar-refractivity contribution in [3.05, 3.63) is 29.3 Å². The Morgan fingerprint density at radius 1 is 1.27 bits per heavy atom. The van der Waals surface area contributed by atoms with Gasteiger partial charge in [-0.15, -0.1) is 0 Å². The topological polar surface area (TPSA) is 26.3 Å². The Hall–Kier alpha value is -1.23. The molecule has 0 aliphatic heterocycles. The van der Waals surface area contributed by atoms with E-state index in [9.17, 15) is 13.6 Å². The molecule has 0 heterocycles. The minimum Gasteiger partial charge on any atom is -0.542 e. The number of rotatable bonds is 3. The lowest BCUT2D eigenvalue weighted by Gasteiger charge is -2.20. The predicted octanol–water partition coefficient (Wildman–Crippen LogP) is 2.99. The van der Waals surface area contributed by atoms with Crippen LogP contribution in [0.5, 0.6) is 5.75 Å². The monoisotopic (exact) mass is 230 g/mol. The predicted molar refractivity (Wildman–Crippen MR) is 55.7 cm³/mol. The molecule has 2 nitrogen and oxygen atoms in total. The summed E-state index contributed by atoms with van der Waals surface area (Å²) in [5, 5.41) is 0. The van der Waals surface area contributed by atoms with Crippen LogP contribution in [0.25, 0.3) is 0 Å². The van der Waals surface area contributed by atoms with E-state index < -0.39 is 20.0 Å². The Morgan fingerprint density at radius 2 is 1.87 bits per heavy atom. The molecule has 0 saturated heterocycles. The zero-order valence-corrected chi connectivity index (χ0v) is 9.80. The summed E-state index contributed by atoms with van der Waals surface area (Å²) in [5.41, 5.74) is -0.0880. The van der Waals surface area contributed by atoms with Crippen LogP contribution in [0, 0.1) is 11.6 Å². The van der Waals surface area contributed by atoms with Gasteiger partial charge in [-0.2, -0.15) is 0 Å². The zero-order valence-electron chi connectivity index (χ0n) is 8.80. The van der Waals surface area contributed by atoms with Crippen LogP contribution in [0.15, 0.2) is 12.1 Å². The van der Waals surface area contributed by atoms with Gasteiger partial charge in [0.25, 0.3) is 0 Å². The summed E-state index contributed by atoms with van der Waals surface area (Å²) in [6, 6.07) is 1.67.